The second-order valence-corrected chi connectivity index (χ2v) is 5.12. The molecule has 18 heavy (non-hydrogen) atoms. The van der Waals surface area contributed by atoms with Gasteiger partial charge in [0.15, 0.2) is 0 Å². The van der Waals surface area contributed by atoms with E-state index >= 15 is 0 Å². The number of aliphatic hydroxyl groups is 1. The summed E-state index contributed by atoms with van der Waals surface area (Å²) >= 11 is 0. The van der Waals surface area contributed by atoms with E-state index < -0.39 is 0 Å². The number of nitrogens with zero attached hydrogens (tertiary/aromatic N) is 2. The topological polar surface area (TPSA) is 47.3 Å². The first-order valence-electron chi connectivity index (χ1n) is 6.61. The van der Waals surface area contributed by atoms with Gasteiger partial charge in [-0.3, -0.25) is 4.90 Å². The summed E-state index contributed by atoms with van der Waals surface area (Å²) < 4.78 is 0. The normalized spacial score (nSPS) is 21.7. The van der Waals surface area contributed by atoms with E-state index in [1.807, 2.05) is 31.2 Å². The van der Waals surface area contributed by atoms with Crippen molar-refractivity contribution in [3.8, 4) is 6.07 Å². The van der Waals surface area contributed by atoms with Crippen molar-refractivity contribution in [2.75, 3.05) is 6.54 Å². The number of likely N-dealkylation sites (tertiary alicyclic amines) is 1. The third-order valence-corrected chi connectivity index (χ3v) is 3.62. The molecule has 0 bridgehead atoms. The largest absolute Gasteiger partial charge is 0.393 e. The van der Waals surface area contributed by atoms with Crippen molar-refractivity contribution in [3.05, 3.63) is 35.4 Å². The minimum atomic E-state index is -0.248. The zero-order valence-electron chi connectivity index (χ0n) is 10.8. The second-order valence-electron chi connectivity index (χ2n) is 5.12. The van der Waals surface area contributed by atoms with Crippen molar-refractivity contribution in [3.63, 3.8) is 0 Å². The van der Waals surface area contributed by atoms with Crippen LogP contribution in [0.15, 0.2) is 24.3 Å². The molecule has 1 N–H and O–H groups in total. The number of nitriles is 1. The Morgan fingerprint density at radius 1 is 1.50 bits per heavy atom. The van der Waals surface area contributed by atoms with Gasteiger partial charge in [0.2, 0.25) is 0 Å². The first-order chi connectivity index (χ1) is 8.70. The highest BCUT2D eigenvalue weighted by molar-refractivity contribution is 5.37. The minimum absolute atomic E-state index is 0.248. The van der Waals surface area contributed by atoms with Gasteiger partial charge in [0.05, 0.1) is 17.7 Å². The maximum absolute atomic E-state index is 9.52. The van der Waals surface area contributed by atoms with Crippen LogP contribution in [0.2, 0.25) is 0 Å². The molecule has 0 amide bonds. The lowest BCUT2D eigenvalue weighted by molar-refractivity contribution is 0.130. The van der Waals surface area contributed by atoms with Crippen molar-refractivity contribution in [2.24, 2.45) is 0 Å². The molecular formula is C15H20N2O. The Labute approximate surface area is 109 Å². The summed E-state index contributed by atoms with van der Waals surface area (Å²) in [6.07, 6.45) is 2.92. The summed E-state index contributed by atoms with van der Waals surface area (Å²) in [5, 5.41) is 18.6. The lowest BCUT2D eigenvalue weighted by atomic mass is 10.1. The van der Waals surface area contributed by atoms with Crippen LogP contribution in [0.1, 0.15) is 37.3 Å². The Morgan fingerprint density at radius 2 is 2.28 bits per heavy atom. The molecule has 3 heteroatoms. The predicted octanol–water partition coefficient (Wildman–Crippen LogP) is 2.29. The molecule has 1 heterocycles. The van der Waals surface area contributed by atoms with Crippen molar-refractivity contribution in [1.29, 1.82) is 5.26 Å². The molecular weight excluding hydrogens is 224 g/mol. The van der Waals surface area contributed by atoms with Crippen molar-refractivity contribution in [1.82, 2.24) is 4.90 Å². The molecule has 96 valence electrons. The highest BCUT2D eigenvalue weighted by atomic mass is 16.3. The third kappa shape index (κ3) is 3.10. The fourth-order valence-electron chi connectivity index (χ4n) is 2.75. The van der Waals surface area contributed by atoms with Gasteiger partial charge in [-0.15, -0.1) is 0 Å². The molecule has 0 spiro atoms. The van der Waals surface area contributed by atoms with Gasteiger partial charge in [-0.25, -0.2) is 0 Å². The van der Waals surface area contributed by atoms with Gasteiger partial charge in [-0.1, -0.05) is 18.2 Å². The molecule has 2 rings (SSSR count). The van der Waals surface area contributed by atoms with Crippen LogP contribution in [0.3, 0.4) is 0 Å². The zero-order valence-corrected chi connectivity index (χ0v) is 10.8. The van der Waals surface area contributed by atoms with Gasteiger partial charge >= 0.3 is 0 Å². The van der Waals surface area contributed by atoms with E-state index in [9.17, 15) is 5.11 Å². The standard InChI is InChI=1S/C15H20N2O/c1-12(18)9-15-7-4-8-17(15)11-14-6-3-2-5-13(14)10-16/h2-3,5-6,12,15,18H,4,7-9,11H2,1H3. The van der Waals surface area contributed by atoms with Crippen LogP contribution in [-0.4, -0.2) is 28.7 Å². The summed E-state index contributed by atoms with van der Waals surface area (Å²) in [6, 6.07) is 10.5. The molecule has 0 aromatic heterocycles. The molecule has 0 aliphatic carbocycles. The van der Waals surface area contributed by atoms with Gasteiger partial charge in [-0.2, -0.15) is 5.26 Å². The maximum Gasteiger partial charge on any atom is 0.0995 e. The molecule has 2 unspecified atom stereocenters. The third-order valence-electron chi connectivity index (χ3n) is 3.62. The number of rotatable bonds is 4. The number of hydrogen-bond donors (Lipinski definition) is 1. The molecule has 1 aromatic rings. The zero-order chi connectivity index (χ0) is 13.0. The lowest BCUT2D eigenvalue weighted by Crippen LogP contribution is -2.31. The first-order valence-corrected chi connectivity index (χ1v) is 6.61. The molecule has 1 aliphatic heterocycles. The SMILES string of the molecule is CC(O)CC1CCCN1Cc1ccccc1C#N. The van der Waals surface area contributed by atoms with E-state index in [0.29, 0.717) is 6.04 Å². The number of hydrogen-bond acceptors (Lipinski definition) is 3. The Kier molecular flexibility index (Phi) is 4.35. The quantitative estimate of drug-likeness (QED) is 0.884. The fourth-order valence-corrected chi connectivity index (χ4v) is 2.75. The summed E-state index contributed by atoms with van der Waals surface area (Å²) in [4.78, 5) is 2.39. The Morgan fingerprint density at radius 3 is 3.00 bits per heavy atom. The highest BCUT2D eigenvalue weighted by Crippen LogP contribution is 2.24. The van der Waals surface area contributed by atoms with E-state index in [1.54, 1.807) is 0 Å². The average Bonchev–Trinajstić information content (AvgIpc) is 2.76. The summed E-state index contributed by atoms with van der Waals surface area (Å²) in [5.74, 6) is 0. The lowest BCUT2D eigenvalue weighted by Gasteiger charge is -2.25. The predicted molar refractivity (Wildman–Crippen MR) is 70.9 cm³/mol. The molecule has 0 radical (unpaired) electrons. The van der Waals surface area contributed by atoms with Crippen molar-refractivity contribution < 1.29 is 5.11 Å². The van der Waals surface area contributed by atoms with Crippen molar-refractivity contribution >= 4 is 0 Å². The van der Waals surface area contributed by atoms with Crippen LogP contribution in [-0.2, 0) is 6.54 Å². The van der Waals surface area contributed by atoms with E-state index in [1.165, 1.54) is 6.42 Å². The van der Waals surface area contributed by atoms with Gasteiger partial charge in [0.25, 0.3) is 0 Å². The monoisotopic (exact) mass is 244 g/mol. The van der Waals surface area contributed by atoms with Crippen LogP contribution in [0.5, 0.6) is 0 Å². The van der Waals surface area contributed by atoms with Gasteiger partial charge in [0, 0.05) is 12.6 Å². The highest BCUT2D eigenvalue weighted by Gasteiger charge is 2.25. The summed E-state index contributed by atoms with van der Waals surface area (Å²) in [6.45, 7) is 3.73. The minimum Gasteiger partial charge on any atom is -0.393 e. The van der Waals surface area contributed by atoms with Crippen LogP contribution in [0, 0.1) is 11.3 Å². The fraction of sp³-hybridized carbons (Fsp3) is 0.533. The molecule has 3 nitrogen and oxygen atoms in total. The van der Waals surface area contributed by atoms with Crippen LogP contribution < -0.4 is 0 Å². The second kappa shape index (κ2) is 5.99. The average molecular weight is 244 g/mol. The Hall–Kier alpha value is -1.37. The summed E-state index contributed by atoms with van der Waals surface area (Å²) in [7, 11) is 0. The van der Waals surface area contributed by atoms with Crippen LogP contribution in [0.4, 0.5) is 0 Å². The molecule has 1 aliphatic rings. The van der Waals surface area contributed by atoms with Crippen LogP contribution in [0.25, 0.3) is 0 Å². The van der Waals surface area contributed by atoms with Gasteiger partial charge in [0.1, 0.15) is 0 Å². The van der Waals surface area contributed by atoms with Crippen LogP contribution >= 0.6 is 0 Å². The molecule has 2 atom stereocenters. The van der Waals surface area contributed by atoms with Crippen molar-refractivity contribution in [2.45, 2.75) is 44.9 Å². The number of aliphatic hydroxyl groups excluding tert-OH is 1. The summed E-state index contributed by atoms with van der Waals surface area (Å²) in [5.41, 5.74) is 1.86. The number of benzene rings is 1. The van der Waals surface area contributed by atoms with Gasteiger partial charge in [-0.05, 0) is 44.4 Å². The molecule has 1 saturated heterocycles. The van der Waals surface area contributed by atoms with E-state index in [0.717, 1.165) is 37.1 Å². The molecule has 0 saturated carbocycles. The van der Waals surface area contributed by atoms with E-state index in [4.69, 9.17) is 5.26 Å². The molecule has 1 fully saturated rings. The smallest absolute Gasteiger partial charge is 0.0995 e. The van der Waals surface area contributed by atoms with E-state index in [-0.39, 0.29) is 6.10 Å². The first kappa shape index (κ1) is 13.1. The maximum atomic E-state index is 9.52. The van der Waals surface area contributed by atoms with Gasteiger partial charge < -0.3 is 5.11 Å². The Balaban J connectivity index is 2.06. The molecule has 1 aromatic carbocycles. The Bertz CT molecular complexity index is 436. The van der Waals surface area contributed by atoms with E-state index in [2.05, 4.69) is 11.0 Å².